The van der Waals surface area contributed by atoms with Gasteiger partial charge in [0.2, 0.25) is 5.75 Å². The maximum atomic E-state index is 13.3. The van der Waals surface area contributed by atoms with Crippen molar-refractivity contribution in [3.8, 4) is 11.5 Å². The molecule has 0 unspecified atom stereocenters. The van der Waals surface area contributed by atoms with E-state index in [1.54, 1.807) is 24.3 Å². The Morgan fingerprint density at radius 1 is 1.29 bits per heavy atom. The van der Waals surface area contributed by atoms with Crippen molar-refractivity contribution < 1.29 is 14.1 Å². The lowest BCUT2D eigenvalue weighted by molar-refractivity contribution is -0.385. The van der Waals surface area contributed by atoms with Crippen LogP contribution in [0.2, 0.25) is 5.02 Å². The second-order valence-electron chi connectivity index (χ2n) is 4.28. The van der Waals surface area contributed by atoms with Gasteiger partial charge in [0.05, 0.1) is 16.0 Å². The quantitative estimate of drug-likeness (QED) is 0.675. The zero-order chi connectivity index (χ0) is 15.4. The average molecular weight is 311 g/mol. The third-order valence-corrected chi connectivity index (χ3v) is 3.07. The summed E-state index contributed by atoms with van der Waals surface area (Å²) in [5.41, 5.74) is 5.99. The fraction of sp³-hybridized carbons (Fsp3) is 0.143. The smallest absolute Gasteiger partial charge is 0.314 e. The summed E-state index contributed by atoms with van der Waals surface area (Å²) in [5, 5.41) is 10.7. The van der Waals surface area contributed by atoms with Crippen molar-refractivity contribution in [2.45, 2.75) is 6.42 Å². The molecule has 0 bridgehead atoms. The van der Waals surface area contributed by atoms with Gasteiger partial charge in [0, 0.05) is 6.07 Å². The predicted octanol–water partition coefficient (Wildman–Crippen LogP) is 3.68. The van der Waals surface area contributed by atoms with Crippen LogP contribution in [0, 0.1) is 15.9 Å². The molecule has 0 aliphatic carbocycles. The Balaban J connectivity index is 2.30. The first kappa shape index (κ1) is 15.2. The molecule has 0 aliphatic heterocycles. The minimum absolute atomic E-state index is 0.113. The number of hydrogen-bond donors (Lipinski definition) is 1. The van der Waals surface area contributed by atoms with E-state index in [1.807, 2.05) is 0 Å². The third-order valence-electron chi connectivity index (χ3n) is 2.78. The van der Waals surface area contributed by atoms with Gasteiger partial charge in [-0.15, -0.1) is 0 Å². The molecule has 2 N–H and O–H groups in total. The zero-order valence-corrected chi connectivity index (χ0v) is 11.6. The Morgan fingerprint density at radius 3 is 2.52 bits per heavy atom. The van der Waals surface area contributed by atoms with E-state index in [4.69, 9.17) is 22.1 Å². The number of benzene rings is 2. The molecule has 0 aromatic heterocycles. The summed E-state index contributed by atoms with van der Waals surface area (Å²) in [6.07, 6.45) is 0.725. The fourth-order valence-electron chi connectivity index (χ4n) is 1.76. The van der Waals surface area contributed by atoms with Gasteiger partial charge in [-0.25, -0.2) is 4.39 Å². The van der Waals surface area contributed by atoms with E-state index >= 15 is 0 Å². The van der Waals surface area contributed by atoms with Crippen molar-refractivity contribution in [2.75, 3.05) is 6.54 Å². The number of rotatable bonds is 5. The molecular weight excluding hydrogens is 299 g/mol. The Morgan fingerprint density at radius 2 is 1.95 bits per heavy atom. The number of nitrogens with two attached hydrogens (primary N) is 1. The van der Waals surface area contributed by atoms with Crippen LogP contribution in [0.5, 0.6) is 11.5 Å². The zero-order valence-electron chi connectivity index (χ0n) is 10.9. The van der Waals surface area contributed by atoms with E-state index in [2.05, 4.69) is 0 Å². The molecule has 0 saturated carbocycles. The molecule has 0 fully saturated rings. The topological polar surface area (TPSA) is 78.4 Å². The molecule has 2 aromatic carbocycles. The summed E-state index contributed by atoms with van der Waals surface area (Å²) < 4.78 is 18.7. The third kappa shape index (κ3) is 3.68. The van der Waals surface area contributed by atoms with Crippen LogP contribution >= 0.6 is 11.6 Å². The van der Waals surface area contributed by atoms with E-state index in [9.17, 15) is 14.5 Å². The molecule has 0 atom stereocenters. The minimum Gasteiger partial charge on any atom is -0.450 e. The summed E-state index contributed by atoms with van der Waals surface area (Å²) in [6, 6.07) is 8.75. The highest BCUT2D eigenvalue weighted by Gasteiger charge is 2.19. The van der Waals surface area contributed by atoms with Crippen LogP contribution < -0.4 is 10.5 Å². The standard InChI is InChI=1S/C14H12ClFN2O3/c15-11-7-14(13(18(19)20)8-12(11)16)21-10-3-1-9(2-4-10)5-6-17/h1-4,7-8H,5-6,17H2. The number of hydrogen-bond acceptors (Lipinski definition) is 4. The van der Waals surface area contributed by atoms with Gasteiger partial charge in [-0.2, -0.15) is 0 Å². The molecular formula is C14H12ClFN2O3. The number of nitro groups is 1. The molecule has 0 amide bonds. The highest BCUT2D eigenvalue weighted by molar-refractivity contribution is 6.31. The van der Waals surface area contributed by atoms with Gasteiger partial charge in [-0.3, -0.25) is 10.1 Å². The molecule has 110 valence electrons. The number of halogens is 2. The fourth-order valence-corrected chi connectivity index (χ4v) is 1.91. The van der Waals surface area contributed by atoms with E-state index in [0.29, 0.717) is 12.3 Å². The maximum absolute atomic E-state index is 13.3. The Bertz CT molecular complexity index is 662. The van der Waals surface area contributed by atoms with Crippen LogP contribution in [0.15, 0.2) is 36.4 Å². The second kappa shape index (κ2) is 6.51. The van der Waals surface area contributed by atoms with Gasteiger partial charge in [0.25, 0.3) is 0 Å². The molecule has 0 spiro atoms. The van der Waals surface area contributed by atoms with Crippen molar-refractivity contribution in [2.24, 2.45) is 5.73 Å². The van der Waals surface area contributed by atoms with Crippen LogP contribution in [-0.2, 0) is 6.42 Å². The largest absolute Gasteiger partial charge is 0.450 e. The first-order valence-corrected chi connectivity index (χ1v) is 6.49. The molecule has 0 saturated heterocycles. The summed E-state index contributed by atoms with van der Waals surface area (Å²) in [6.45, 7) is 0.527. The Kier molecular flexibility index (Phi) is 4.72. The van der Waals surface area contributed by atoms with E-state index in [1.165, 1.54) is 0 Å². The van der Waals surface area contributed by atoms with Crippen molar-refractivity contribution in [3.63, 3.8) is 0 Å². The molecule has 21 heavy (non-hydrogen) atoms. The SMILES string of the molecule is NCCc1ccc(Oc2cc(Cl)c(F)cc2[N+](=O)[O-])cc1. The van der Waals surface area contributed by atoms with Crippen LogP contribution in [-0.4, -0.2) is 11.5 Å². The van der Waals surface area contributed by atoms with Gasteiger partial charge in [-0.05, 0) is 30.7 Å². The molecule has 2 aromatic rings. The van der Waals surface area contributed by atoms with Crippen molar-refractivity contribution in [1.82, 2.24) is 0 Å². The molecule has 0 aliphatic rings. The first-order chi connectivity index (χ1) is 10.0. The highest BCUT2D eigenvalue weighted by atomic mass is 35.5. The number of nitro benzene ring substituents is 1. The second-order valence-corrected chi connectivity index (χ2v) is 4.68. The molecule has 5 nitrogen and oxygen atoms in total. The Labute approximate surface area is 125 Å². The molecule has 0 radical (unpaired) electrons. The summed E-state index contributed by atoms with van der Waals surface area (Å²) >= 11 is 5.63. The van der Waals surface area contributed by atoms with Crippen molar-refractivity contribution in [3.05, 3.63) is 62.9 Å². The molecule has 2 rings (SSSR count). The normalized spacial score (nSPS) is 10.4. The van der Waals surface area contributed by atoms with Crippen LogP contribution in [0.4, 0.5) is 10.1 Å². The van der Waals surface area contributed by atoms with Crippen LogP contribution in [0.25, 0.3) is 0 Å². The van der Waals surface area contributed by atoms with Crippen molar-refractivity contribution in [1.29, 1.82) is 0 Å². The lowest BCUT2D eigenvalue weighted by atomic mass is 10.1. The molecule has 7 heteroatoms. The first-order valence-electron chi connectivity index (χ1n) is 6.11. The van der Waals surface area contributed by atoms with Gasteiger partial charge in [-0.1, -0.05) is 23.7 Å². The monoisotopic (exact) mass is 310 g/mol. The number of nitrogens with zero attached hydrogens (tertiary/aromatic N) is 1. The number of ether oxygens (including phenoxy) is 1. The van der Waals surface area contributed by atoms with Gasteiger partial charge in [0.1, 0.15) is 11.6 Å². The molecule has 0 heterocycles. The van der Waals surface area contributed by atoms with Gasteiger partial charge >= 0.3 is 5.69 Å². The summed E-state index contributed by atoms with van der Waals surface area (Å²) in [4.78, 5) is 10.2. The lowest BCUT2D eigenvalue weighted by Gasteiger charge is -2.08. The van der Waals surface area contributed by atoms with Gasteiger partial charge in [0.15, 0.2) is 0 Å². The summed E-state index contributed by atoms with van der Waals surface area (Å²) in [5.74, 6) is -0.589. The Hall–Kier alpha value is -2.18. The lowest BCUT2D eigenvalue weighted by Crippen LogP contribution is -2.02. The average Bonchev–Trinajstić information content (AvgIpc) is 2.44. The van der Waals surface area contributed by atoms with Crippen LogP contribution in [0.3, 0.4) is 0 Å². The minimum atomic E-state index is -0.867. The highest BCUT2D eigenvalue weighted by Crippen LogP contribution is 2.35. The maximum Gasteiger partial charge on any atom is 0.314 e. The summed E-state index contributed by atoms with van der Waals surface area (Å²) in [7, 11) is 0. The predicted molar refractivity (Wildman–Crippen MR) is 77.3 cm³/mol. The van der Waals surface area contributed by atoms with Crippen molar-refractivity contribution >= 4 is 17.3 Å². The van der Waals surface area contributed by atoms with Gasteiger partial charge < -0.3 is 10.5 Å². The van der Waals surface area contributed by atoms with E-state index in [0.717, 1.165) is 24.1 Å². The van der Waals surface area contributed by atoms with E-state index in [-0.39, 0.29) is 10.8 Å². The van der Waals surface area contributed by atoms with Crippen LogP contribution in [0.1, 0.15) is 5.56 Å². The van der Waals surface area contributed by atoms with E-state index < -0.39 is 16.4 Å².